The Morgan fingerprint density at radius 1 is 1.32 bits per heavy atom. The van der Waals surface area contributed by atoms with Gasteiger partial charge in [0.15, 0.2) is 0 Å². The van der Waals surface area contributed by atoms with Crippen molar-refractivity contribution >= 4 is 29.1 Å². The number of anilines is 3. The molecule has 2 heterocycles. The summed E-state index contributed by atoms with van der Waals surface area (Å²) in [6, 6.07) is 9.60. The molecule has 0 saturated carbocycles. The average Bonchev–Trinajstić information content (AvgIpc) is 2.67. The highest BCUT2D eigenvalue weighted by molar-refractivity contribution is 6.30. The molecule has 0 aliphatic carbocycles. The maximum atomic E-state index is 9.14. The molecule has 2 aromatic rings. The molecule has 0 spiro atoms. The van der Waals surface area contributed by atoms with E-state index in [0.717, 1.165) is 36.6 Å². The summed E-state index contributed by atoms with van der Waals surface area (Å²) in [7, 11) is 1.93. The van der Waals surface area contributed by atoms with Gasteiger partial charge in [0.1, 0.15) is 11.0 Å². The first kappa shape index (κ1) is 17.5. The number of benzene rings is 1. The second-order valence-electron chi connectivity index (χ2n) is 5.79. The van der Waals surface area contributed by atoms with Crippen LogP contribution in [0.1, 0.15) is 18.1 Å². The summed E-state index contributed by atoms with van der Waals surface area (Å²) in [5.74, 6) is 1.38. The molecule has 3 rings (SSSR count). The molecular formula is C18H20ClN5O. The maximum Gasteiger partial charge on any atom is 0.228 e. The van der Waals surface area contributed by atoms with E-state index in [1.54, 1.807) is 6.07 Å². The third-order valence-corrected chi connectivity index (χ3v) is 4.56. The highest BCUT2D eigenvalue weighted by Gasteiger charge is 2.21. The number of rotatable bonds is 4. The van der Waals surface area contributed by atoms with Crippen molar-refractivity contribution in [1.82, 2.24) is 9.97 Å². The summed E-state index contributed by atoms with van der Waals surface area (Å²) in [5.41, 5.74) is 2.39. The fourth-order valence-electron chi connectivity index (χ4n) is 2.83. The Balaban J connectivity index is 2.03. The fraction of sp³-hybridized carbons (Fsp3) is 0.389. The highest BCUT2D eigenvalue weighted by atomic mass is 35.5. The van der Waals surface area contributed by atoms with Gasteiger partial charge in [-0.25, -0.2) is 4.98 Å². The van der Waals surface area contributed by atoms with Crippen LogP contribution in [0, 0.1) is 11.3 Å². The lowest BCUT2D eigenvalue weighted by Gasteiger charge is -2.29. The van der Waals surface area contributed by atoms with Crippen molar-refractivity contribution in [2.24, 2.45) is 0 Å². The third-order valence-electron chi connectivity index (χ3n) is 4.25. The van der Waals surface area contributed by atoms with Gasteiger partial charge in [0.05, 0.1) is 24.8 Å². The number of hydrogen-bond donors (Lipinski definition) is 0. The predicted octanol–water partition coefficient (Wildman–Crippen LogP) is 3.17. The molecule has 1 saturated heterocycles. The summed E-state index contributed by atoms with van der Waals surface area (Å²) in [6.07, 6.45) is 0.722. The monoisotopic (exact) mass is 357 g/mol. The molecule has 1 aromatic carbocycles. The molecule has 0 radical (unpaired) electrons. The van der Waals surface area contributed by atoms with Crippen molar-refractivity contribution in [2.45, 2.75) is 13.3 Å². The van der Waals surface area contributed by atoms with Gasteiger partial charge in [0.25, 0.3) is 0 Å². The summed E-state index contributed by atoms with van der Waals surface area (Å²) in [4.78, 5) is 13.3. The number of morpholine rings is 1. The fourth-order valence-corrected chi connectivity index (χ4v) is 3.12. The van der Waals surface area contributed by atoms with Crippen LogP contribution in [-0.2, 0) is 11.2 Å². The van der Waals surface area contributed by atoms with Gasteiger partial charge in [0, 0.05) is 31.4 Å². The molecule has 0 amide bonds. The standard InChI is InChI=1S/C18H20ClN5O/c1-3-15-16(19)21-18(24-7-9-25-10-8-24)22-17(15)23(2)14-6-4-5-13(11-14)12-20/h4-6,11H,3,7-10H2,1-2H3. The summed E-state index contributed by atoms with van der Waals surface area (Å²) in [6.45, 7) is 4.84. The van der Waals surface area contributed by atoms with Gasteiger partial charge in [-0.3, -0.25) is 0 Å². The zero-order valence-corrected chi connectivity index (χ0v) is 15.1. The van der Waals surface area contributed by atoms with E-state index in [9.17, 15) is 0 Å². The molecular weight excluding hydrogens is 338 g/mol. The molecule has 0 bridgehead atoms. The van der Waals surface area contributed by atoms with Crippen molar-refractivity contribution in [2.75, 3.05) is 43.2 Å². The van der Waals surface area contributed by atoms with Crippen LogP contribution < -0.4 is 9.80 Å². The Morgan fingerprint density at radius 3 is 2.76 bits per heavy atom. The van der Waals surface area contributed by atoms with E-state index in [4.69, 9.17) is 26.6 Å². The van der Waals surface area contributed by atoms with E-state index in [0.29, 0.717) is 29.9 Å². The zero-order valence-electron chi connectivity index (χ0n) is 14.4. The van der Waals surface area contributed by atoms with E-state index in [2.05, 4.69) is 16.0 Å². The van der Waals surface area contributed by atoms with E-state index in [-0.39, 0.29) is 0 Å². The molecule has 0 atom stereocenters. The third kappa shape index (κ3) is 3.68. The normalized spacial score (nSPS) is 14.2. The minimum Gasteiger partial charge on any atom is -0.378 e. The Kier molecular flexibility index (Phi) is 5.37. The van der Waals surface area contributed by atoms with Gasteiger partial charge < -0.3 is 14.5 Å². The number of aromatic nitrogens is 2. The van der Waals surface area contributed by atoms with Crippen LogP contribution in [0.3, 0.4) is 0 Å². The first-order valence-corrected chi connectivity index (χ1v) is 8.64. The molecule has 1 aromatic heterocycles. The van der Waals surface area contributed by atoms with Gasteiger partial charge in [-0.2, -0.15) is 10.2 Å². The Morgan fingerprint density at radius 2 is 2.08 bits per heavy atom. The number of ether oxygens (including phenoxy) is 1. The lowest BCUT2D eigenvalue weighted by molar-refractivity contribution is 0.122. The van der Waals surface area contributed by atoms with Crippen LogP contribution in [0.25, 0.3) is 0 Å². The molecule has 1 aliphatic heterocycles. The smallest absolute Gasteiger partial charge is 0.228 e. The Labute approximate surface area is 152 Å². The van der Waals surface area contributed by atoms with Crippen LogP contribution in [0.2, 0.25) is 5.15 Å². The number of halogens is 1. The first-order chi connectivity index (χ1) is 12.1. The lowest BCUT2D eigenvalue weighted by Crippen LogP contribution is -2.37. The molecule has 7 heteroatoms. The van der Waals surface area contributed by atoms with Crippen molar-refractivity contribution in [1.29, 1.82) is 5.26 Å². The van der Waals surface area contributed by atoms with Gasteiger partial charge in [-0.15, -0.1) is 0 Å². The quantitative estimate of drug-likeness (QED) is 0.783. The van der Waals surface area contributed by atoms with Crippen molar-refractivity contribution < 1.29 is 4.74 Å². The maximum absolute atomic E-state index is 9.14. The van der Waals surface area contributed by atoms with Gasteiger partial charge in [-0.05, 0) is 24.6 Å². The largest absolute Gasteiger partial charge is 0.378 e. The van der Waals surface area contributed by atoms with Crippen LogP contribution in [0.5, 0.6) is 0 Å². The first-order valence-electron chi connectivity index (χ1n) is 8.27. The minimum atomic E-state index is 0.470. The second kappa shape index (κ2) is 7.68. The molecule has 1 aliphatic rings. The minimum absolute atomic E-state index is 0.470. The molecule has 0 unspecified atom stereocenters. The molecule has 130 valence electrons. The SMILES string of the molecule is CCc1c(Cl)nc(N2CCOCC2)nc1N(C)c1cccc(C#N)c1. The van der Waals surface area contributed by atoms with Gasteiger partial charge >= 0.3 is 0 Å². The number of nitriles is 1. The zero-order chi connectivity index (χ0) is 17.8. The number of nitrogens with zero attached hydrogens (tertiary/aromatic N) is 5. The second-order valence-corrected chi connectivity index (χ2v) is 6.15. The van der Waals surface area contributed by atoms with E-state index >= 15 is 0 Å². The molecule has 0 N–H and O–H groups in total. The molecule has 25 heavy (non-hydrogen) atoms. The summed E-state index contributed by atoms with van der Waals surface area (Å²) in [5, 5.41) is 9.61. The van der Waals surface area contributed by atoms with Crippen LogP contribution in [0.4, 0.5) is 17.5 Å². The van der Waals surface area contributed by atoms with E-state index < -0.39 is 0 Å². The van der Waals surface area contributed by atoms with Crippen molar-refractivity contribution in [3.63, 3.8) is 0 Å². The molecule has 1 fully saturated rings. The van der Waals surface area contributed by atoms with Gasteiger partial charge in [-0.1, -0.05) is 24.6 Å². The summed E-state index contributed by atoms with van der Waals surface area (Å²) >= 11 is 6.46. The van der Waals surface area contributed by atoms with Crippen LogP contribution in [-0.4, -0.2) is 43.3 Å². The van der Waals surface area contributed by atoms with E-state index in [1.165, 1.54) is 0 Å². The van der Waals surface area contributed by atoms with Gasteiger partial charge in [0.2, 0.25) is 5.95 Å². The number of hydrogen-bond acceptors (Lipinski definition) is 6. The average molecular weight is 358 g/mol. The Bertz CT molecular complexity index is 799. The lowest BCUT2D eigenvalue weighted by atomic mass is 10.2. The van der Waals surface area contributed by atoms with E-state index in [1.807, 2.05) is 37.1 Å². The van der Waals surface area contributed by atoms with Crippen molar-refractivity contribution in [3.8, 4) is 6.07 Å². The highest BCUT2D eigenvalue weighted by Crippen LogP contribution is 2.31. The summed E-state index contributed by atoms with van der Waals surface area (Å²) < 4.78 is 5.40. The van der Waals surface area contributed by atoms with Crippen LogP contribution in [0.15, 0.2) is 24.3 Å². The molecule has 6 nitrogen and oxygen atoms in total. The topological polar surface area (TPSA) is 65.3 Å². The Hall–Kier alpha value is -2.36. The van der Waals surface area contributed by atoms with Crippen molar-refractivity contribution in [3.05, 3.63) is 40.5 Å². The van der Waals surface area contributed by atoms with Crippen LogP contribution >= 0.6 is 11.6 Å². The predicted molar refractivity (Wildman–Crippen MR) is 98.7 cm³/mol.